The highest BCUT2D eigenvalue weighted by molar-refractivity contribution is 5.70. The van der Waals surface area contributed by atoms with Crippen molar-refractivity contribution in [2.24, 2.45) is 0 Å². The van der Waals surface area contributed by atoms with Gasteiger partial charge < -0.3 is 19.9 Å². The standard InChI is InChI=1S/C18H16N2O4/c1-10-7-11(3-5-15(10)21)13-9-14(20-18(23)19-13)12-4-6-16(22)17(8-12)24-2/h3-9,21-22H,1-2H3,(H,19,20,23). The fourth-order valence-electron chi connectivity index (χ4n) is 2.42. The van der Waals surface area contributed by atoms with Gasteiger partial charge in [0.1, 0.15) is 5.75 Å². The number of aryl methyl sites for hydroxylation is 1. The molecule has 2 aromatic carbocycles. The molecule has 3 rings (SSSR count). The Hall–Kier alpha value is -3.28. The van der Waals surface area contributed by atoms with Crippen LogP contribution >= 0.6 is 0 Å². The molecule has 122 valence electrons. The lowest BCUT2D eigenvalue weighted by molar-refractivity contribution is 0.373. The maximum Gasteiger partial charge on any atom is 0.345 e. The number of nitrogens with one attached hydrogen (secondary N) is 1. The minimum absolute atomic E-state index is 0.0204. The monoisotopic (exact) mass is 324 g/mol. The Balaban J connectivity index is 2.12. The second-order valence-corrected chi connectivity index (χ2v) is 5.37. The van der Waals surface area contributed by atoms with Crippen LogP contribution in [0.3, 0.4) is 0 Å². The van der Waals surface area contributed by atoms with Crippen LogP contribution in [-0.2, 0) is 0 Å². The number of phenols is 2. The molecule has 1 aromatic heterocycles. The summed E-state index contributed by atoms with van der Waals surface area (Å²) in [5.41, 5.74) is 2.66. The highest BCUT2D eigenvalue weighted by Gasteiger charge is 2.09. The van der Waals surface area contributed by atoms with E-state index in [2.05, 4.69) is 9.97 Å². The van der Waals surface area contributed by atoms with Crippen LogP contribution in [0.1, 0.15) is 5.56 Å². The Morgan fingerprint density at radius 3 is 2.42 bits per heavy atom. The number of aromatic hydroxyl groups is 2. The van der Waals surface area contributed by atoms with Gasteiger partial charge in [0.15, 0.2) is 11.5 Å². The van der Waals surface area contributed by atoms with E-state index in [1.54, 1.807) is 43.3 Å². The second-order valence-electron chi connectivity index (χ2n) is 5.37. The number of rotatable bonds is 3. The normalized spacial score (nSPS) is 10.6. The van der Waals surface area contributed by atoms with Crippen LogP contribution in [0.15, 0.2) is 47.3 Å². The van der Waals surface area contributed by atoms with Crippen LogP contribution in [0.5, 0.6) is 17.2 Å². The SMILES string of the molecule is COc1cc(-c2cc(-c3ccc(O)c(C)c3)nc(=O)[nH]2)ccc1O. The largest absolute Gasteiger partial charge is 0.508 e. The Kier molecular flexibility index (Phi) is 3.95. The maximum absolute atomic E-state index is 11.9. The van der Waals surface area contributed by atoms with E-state index in [1.807, 2.05) is 0 Å². The molecule has 0 aliphatic rings. The van der Waals surface area contributed by atoms with Gasteiger partial charge in [0, 0.05) is 11.1 Å². The summed E-state index contributed by atoms with van der Waals surface area (Å²) in [4.78, 5) is 18.6. The summed E-state index contributed by atoms with van der Waals surface area (Å²) in [5.74, 6) is 0.520. The van der Waals surface area contributed by atoms with Crippen molar-refractivity contribution >= 4 is 0 Å². The number of nitrogens with zero attached hydrogens (tertiary/aromatic N) is 1. The zero-order chi connectivity index (χ0) is 17.3. The average molecular weight is 324 g/mol. The van der Waals surface area contributed by atoms with E-state index in [0.29, 0.717) is 28.3 Å². The van der Waals surface area contributed by atoms with E-state index >= 15 is 0 Å². The van der Waals surface area contributed by atoms with Crippen molar-refractivity contribution in [1.29, 1.82) is 0 Å². The van der Waals surface area contributed by atoms with E-state index in [9.17, 15) is 15.0 Å². The molecule has 6 nitrogen and oxygen atoms in total. The van der Waals surface area contributed by atoms with Crippen molar-refractivity contribution < 1.29 is 14.9 Å². The number of phenolic OH excluding ortho intramolecular Hbond substituents is 2. The van der Waals surface area contributed by atoms with Crippen LogP contribution in [0, 0.1) is 6.92 Å². The zero-order valence-electron chi connectivity index (χ0n) is 13.2. The summed E-state index contributed by atoms with van der Waals surface area (Å²) in [7, 11) is 1.46. The number of ether oxygens (including phenoxy) is 1. The lowest BCUT2D eigenvalue weighted by Crippen LogP contribution is -2.12. The van der Waals surface area contributed by atoms with Gasteiger partial charge in [-0.15, -0.1) is 0 Å². The van der Waals surface area contributed by atoms with Gasteiger partial charge in [-0.3, -0.25) is 0 Å². The van der Waals surface area contributed by atoms with E-state index in [1.165, 1.54) is 13.2 Å². The van der Waals surface area contributed by atoms with Crippen LogP contribution in [0.2, 0.25) is 0 Å². The third-order valence-electron chi connectivity index (χ3n) is 3.73. The lowest BCUT2D eigenvalue weighted by atomic mass is 10.1. The van der Waals surface area contributed by atoms with Crippen LogP contribution in [-0.4, -0.2) is 27.3 Å². The van der Waals surface area contributed by atoms with E-state index < -0.39 is 5.69 Å². The molecule has 0 saturated carbocycles. The first-order valence-corrected chi connectivity index (χ1v) is 7.26. The number of H-pyrrole nitrogens is 1. The summed E-state index contributed by atoms with van der Waals surface area (Å²) in [5, 5.41) is 19.3. The van der Waals surface area contributed by atoms with Gasteiger partial charge in [0.25, 0.3) is 0 Å². The van der Waals surface area contributed by atoms with Gasteiger partial charge in [-0.1, -0.05) is 0 Å². The Morgan fingerprint density at radius 1 is 1.00 bits per heavy atom. The first-order valence-electron chi connectivity index (χ1n) is 7.26. The molecule has 0 atom stereocenters. The van der Waals surface area contributed by atoms with Crippen LogP contribution in [0.25, 0.3) is 22.5 Å². The van der Waals surface area contributed by atoms with Gasteiger partial charge in [0.05, 0.1) is 18.5 Å². The zero-order valence-corrected chi connectivity index (χ0v) is 13.2. The molecule has 0 fully saturated rings. The Bertz CT molecular complexity index is 963. The predicted octanol–water partition coefficient (Wildman–Crippen LogP) is 2.83. The smallest absolute Gasteiger partial charge is 0.345 e. The summed E-state index contributed by atoms with van der Waals surface area (Å²) in [6.45, 7) is 1.78. The molecule has 24 heavy (non-hydrogen) atoms. The average Bonchev–Trinajstić information content (AvgIpc) is 2.57. The molecule has 0 aliphatic heterocycles. The van der Waals surface area contributed by atoms with Gasteiger partial charge in [-0.2, -0.15) is 4.98 Å². The molecule has 0 aliphatic carbocycles. The minimum Gasteiger partial charge on any atom is -0.508 e. The molecule has 0 amide bonds. The fourth-order valence-corrected chi connectivity index (χ4v) is 2.42. The van der Waals surface area contributed by atoms with Crippen molar-refractivity contribution in [2.75, 3.05) is 7.11 Å². The van der Waals surface area contributed by atoms with Gasteiger partial charge in [-0.05, 0) is 55.0 Å². The number of hydrogen-bond acceptors (Lipinski definition) is 5. The number of aromatic nitrogens is 2. The minimum atomic E-state index is -0.486. The third-order valence-corrected chi connectivity index (χ3v) is 3.73. The molecule has 0 bridgehead atoms. The first-order chi connectivity index (χ1) is 11.5. The van der Waals surface area contributed by atoms with Crippen molar-refractivity contribution in [3.63, 3.8) is 0 Å². The summed E-state index contributed by atoms with van der Waals surface area (Å²) < 4.78 is 5.10. The molecule has 3 aromatic rings. The number of hydrogen-bond donors (Lipinski definition) is 3. The molecule has 0 radical (unpaired) electrons. The number of benzene rings is 2. The first kappa shape index (κ1) is 15.6. The Labute approximate surface area is 138 Å². The van der Waals surface area contributed by atoms with Crippen molar-refractivity contribution in [3.05, 3.63) is 58.5 Å². The maximum atomic E-state index is 11.9. The topological polar surface area (TPSA) is 95.4 Å². The quantitative estimate of drug-likeness (QED) is 0.688. The third kappa shape index (κ3) is 2.94. The molecule has 0 saturated heterocycles. The molecular formula is C18H16N2O4. The Morgan fingerprint density at radius 2 is 1.71 bits per heavy atom. The predicted molar refractivity (Wildman–Crippen MR) is 90.3 cm³/mol. The molecule has 6 heteroatoms. The number of aromatic amines is 1. The van der Waals surface area contributed by atoms with E-state index in [0.717, 1.165) is 5.56 Å². The van der Waals surface area contributed by atoms with Crippen molar-refractivity contribution in [1.82, 2.24) is 9.97 Å². The summed E-state index contributed by atoms with van der Waals surface area (Å²) in [6.07, 6.45) is 0. The van der Waals surface area contributed by atoms with Gasteiger partial charge >= 0.3 is 5.69 Å². The highest BCUT2D eigenvalue weighted by Crippen LogP contribution is 2.31. The van der Waals surface area contributed by atoms with Crippen molar-refractivity contribution in [2.45, 2.75) is 6.92 Å². The van der Waals surface area contributed by atoms with Crippen molar-refractivity contribution in [3.8, 4) is 39.8 Å². The van der Waals surface area contributed by atoms with Crippen LogP contribution < -0.4 is 10.4 Å². The summed E-state index contributed by atoms with van der Waals surface area (Å²) in [6, 6.07) is 11.6. The fraction of sp³-hybridized carbons (Fsp3) is 0.111. The number of methoxy groups -OCH3 is 1. The molecule has 0 spiro atoms. The molecule has 1 heterocycles. The lowest BCUT2D eigenvalue weighted by Gasteiger charge is -2.09. The molecule has 0 unspecified atom stereocenters. The molecular weight excluding hydrogens is 308 g/mol. The van der Waals surface area contributed by atoms with E-state index in [-0.39, 0.29) is 11.5 Å². The van der Waals surface area contributed by atoms with Crippen LogP contribution in [0.4, 0.5) is 0 Å². The summed E-state index contributed by atoms with van der Waals surface area (Å²) >= 11 is 0. The highest BCUT2D eigenvalue weighted by atomic mass is 16.5. The second kappa shape index (κ2) is 6.08. The molecule has 3 N–H and O–H groups in total. The van der Waals surface area contributed by atoms with E-state index in [4.69, 9.17) is 4.74 Å². The van der Waals surface area contributed by atoms with Gasteiger partial charge in [-0.25, -0.2) is 4.79 Å². The van der Waals surface area contributed by atoms with Gasteiger partial charge in [0.2, 0.25) is 0 Å².